The summed E-state index contributed by atoms with van der Waals surface area (Å²) in [6.45, 7) is 2.77. The molecular formula is C8H17NO4. The normalized spacial score (nSPS) is 15.3. The average Bonchev–Trinajstić information content (AvgIpc) is 2.02. The van der Waals surface area contributed by atoms with Crippen molar-refractivity contribution in [2.75, 3.05) is 19.7 Å². The van der Waals surface area contributed by atoms with Crippen LogP contribution in [0.2, 0.25) is 0 Å². The summed E-state index contributed by atoms with van der Waals surface area (Å²) in [5.74, 6) is -0.887. The highest BCUT2D eigenvalue weighted by Crippen LogP contribution is 1.92. The first kappa shape index (κ1) is 12.3. The van der Waals surface area contributed by atoms with Crippen molar-refractivity contribution in [2.24, 2.45) is 5.92 Å². The molecule has 13 heavy (non-hydrogen) atoms. The van der Waals surface area contributed by atoms with Crippen LogP contribution >= 0.6 is 0 Å². The predicted octanol–water partition coefficient (Wildman–Crippen LogP) is -0.960. The summed E-state index contributed by atoms with van der Waals surface area (Å²) in [7, 11) is 0. The third-order valence-corrected chi connectivity index (χ3v) is 1.59. The Kier molecular flexibility index (Phi) is 6.48. The van der Waals surface area contributed by atoms with Gasteiger partial charge in [-0.1, -0.05) is 6.92 Å². The van der Waals surface area contributed by atoms with Gasteiger partial charge in [0.05, 0.1) is 12.5 Å². The Hall–Kier alpha value is -0.650. The fourth-order valence-corrected chi connectivity index (χ4v) is 0.835. The molecule has 0 aromatic rings. The molecule has 2 atom stereocenters. The summed E-state index contributed by atoms with van der Waals surface area (Å²) in [5.41, 5.74) is 0. The Balaban J connectivity index is 3.36. The van der Waals surface area contributed by atoms with Crippen molar-refractivity contribution in [1.82, 2.24) is 5.32 Å². The number of hydrogen-bond donors (Lipinski definition) is 4. The zero-order chi connectivity index (χ0) is 10.3. The number of hydrogen-bond acceptors (Lipinski definition) is 4. The molecule has 0 aliphatic carbocycles. The van der Waals surface area contributed by atoms with Crippen LogP contribution in [-0.4, -0.2) is 47.1 Å². The third-order valence-electron chi connectivity index (χ3n) is 1.59. The molecule has 0 aliphatic rings. The second-order valence-corrected chi connectivity index (χ2v) is 3.20. The van der Waals surface area contributed by atoms with E-state index in [-0.39, 0.29) is 25.5 Å². The van der Waals surface area contributed by atoms with E-state index in [2.05, 4.69) is 5.32 Å². The van der Waals surface area contributed by atoms with Crippen LogP contribution in [0.15, 0.2) is 0 Å². The van der Waals surface area contributed by atoms with Crippen LogP contribution in [0.1, 0.15) is 13.3 Å². The van der Waals surface area contributed by atoms with Crippen LogP contribution in [-0.2, 0) is 4.79 Å². The van der Waals surface area contributed by atoms with E-state index in [0.717, 1.165) is 0 Å². The van der Waals surface area contributed by atoms with Gasteiger partial charge in [-0.15, -0.1) is 0 Å². The van der Waals surface area contributed by atoms with E-state index in [1.165, 1.54) is 0 Å². The minimum Gasteiger partial charge on any atom is -0.481 e. The molecule has 4 N–H and O–H groups in total. The highest BCUT2D eigenvalue weighted by Gasteiger charge is 2.09. The first-order chi connectivity index (χ1) is 6.06. The highest BCUT2D eigenvalue weighted by atomic mass is 16.4. The van der Waals surface area contributed by atoms with Gasteiger partial charge in [0.25, 0.3) is 0 Å². The van der Waals surface area contributed by atoms with Crippen LogP contribution < -0.4 is 5.32 Å². The number of aliphatic hydroxyl groups is 2. The number of aliphatic hydroxyl groups excluding tert-OH is 2. The van der Waals surface area contributed by atoms with Crippen LogP contribution in [0.25, 0.3) is 0 Å². The molecule has 0 bridgehead atoms. The van der Waals surface area contributed by atoms with Crippen molar-refractivity contribution < 1.29 is 20.1 Å². The fraction of sp³-hybridized carbons (Fsp3) is 0.875. The van der Waals surface area contributed by atoms with Gasteiger partial charge in [-0.05, 0) is 12.5 Å². The van der Waals surface area contributed by atoms with Crippen molar-refractivity contribution in [2.45, 2.75) is 19.4 Å². The molecule has 0 spiro atoms. The highest BCUT2D eigenvalue weighted by molar-refractivity contribution is 5.67. The molecule has 0 aromatic heterocycles. The average molecular weight is 191 g/mol. The molecule has 0 aliphatic heterocycles. The van der Waals surface area contributed by atoms with Gasteiger partial charge in [-0.2, -0.15) is 0 Å². The summed E-state index contributed by atoms with van der Waals surface area (Å²) < 4.78 is 0. The molecule has 5 nitrogen and oxygen atoms in total. The van der Waals surface area contributed by atoms with Gasteiger partial charge in [0.1, 0.15) is 0 Å². The predicted molar refractivity (Wildman–Crippen MR) is 47.4 cm³/mol. The number of carboxylic acids is 1. The molecule has 0 heterocycles. The van der Waals surface area contributed by atoms with Crippen LogP contribution in [0.5, 0.6) is 0 Å². The van der Waals surface area contributed by atoms with Gasteiger partial charge in [0, 0.05) is 13.2 Å². The second kappa shape index (κ2) is 6.82. The molecular weight excluding hydrogens is 174 g/mol. The van der Waals surface area contributed by atoms with E-state index in [1.54, 1.807) is 0 Å². The molecule has 5 heteroatoms. The van der Waals surface area contributed by atoms with Gasteiger partial charge >= 0.3 is 5.97 Å². The maximum Gasteiger partial charge on any atom is 0.306 e. The number of carboxylic acid groups (broad SMARTS) is 1. The van der Waals surface area contributed by atoms with E-state index >= 15 is 0 Å². The number of carbonyl (C=O) groups is 1. The lowest BCUT2D eigenvalue weighted by Gasteiger charge is -2.12. The fourth-order valence-electron chi connectivity index (χ4n) is 0.835. The van der Waals surface area contributed by atoms with E-state index in [1.807, 2.05) is 6.92 Å². The maximum atomic E-state index is 10.1. The Labute approximate surface area is 77.4 Å². The summed E-state index contributed by atoms with van der Waals surface area (Å²) in [6.07, 6.45) is -1.11. The van der Waals surface area contributed by atoms with Crippen molar-refractivity contribution >= 4 is 5.97 Å². The summed E-state index contributed by atoms with van der Waals surface area (Å²) in [6, 6.07) is 0. The van der Waals surface area contributed by atoms with E-state index < -0.39 is 12.1 Å². The number of aliphatic carboxylic acids is 1. The maximum absolute atomic E-state index is 10.1. The minimum atomic E-state index is -1.01. The number of nitrogens with one attached hydrogen (secondary N) is 1. The first-order valence-corrected chi connectivity index (χ1v) is 4.27. The zero-order valence-electron chi connectivity index (χ0n) is 7.73. The molecule has 0 saturated carbocycles. The van der Waals surface area contributed by atoms with E-state index in [4.69, 9.17) is 15.3 Å². The quantitative estimate of drug-likeness (QED) is 0.416. The van der Waals surface area contributed by atoms with Gasteiger partial charge < -0.3 is 20.6 Å². The Bertz CT molecular complexity index is 151. The molecule has 0 aromatic carbocycles. The van der Waals surface area contributed by atoms with Crippen LogP contribution in [0.3, 0.4) is 0 Å². The topological polar surface area (TPSA) is 89.8 Å². The first-order valence-electron chi connectivity index (χ1n) is 4.27. The molecule has 0 fully saturated rings. The minimum absolute atomic E-state index is 0.0853. The lowest BCUT2D eigenvalue weighted by molar-refractivity contribution is -0.139. The molecule has 2 unspecified atom stereocenters. The smallest absolute Gasteiger partial charge is 0.306 e. The van der Waals surface area contributed by atoms with Gasteiger partial charge in [-0.3, -0.25) is 4.79 Å². The van der Waals surface area contributed by atoms with Gasteiger partial charge in [0.15, 0.2) is 0 Å². The van der Waals surface area contributed by atoms with E-state index in [9.17, 15) is 4.79 Å². The molecule has 0 saturated heterocycles. The van der Waals surface area contributed by atoms with Gasteiger partial charge in [0.2, 0.25) is 0 Å². The Morgan fingerprint density at radius 2 is 2.08 bits per heavy atom. The zero-order valence-corrected chi connectivity index (χ0v) is 7.73. The standard InChI is InChI=1S/C8H17NO4/c1-6(5-10)3-9-4-7(11)2-8(12)13/h6-7,9-11H,2-5H2,1H3,(H,12,13). The second-order valence-electron chi connectivity index (χ2n) is 3.20. The molecule has 0 rings (SSSR count). The summed E-state index contributed by atoms with van der Waals surface area (Å²) >= 11 is 0. The monoisotopic (exact) mass is 191 g/mol. The SMILES string of the molecule is CC(CO)CNCC(O)CC(=O)O. The van der Waals surface area contributed by atoms with Crippen molar-refractivity contribution in [1.29, 1.82) is 0 Å². The molecule has 0 amide bonds. The third kappa shape index (κ3) is 7.70. The van der Waals surface area contributed by atoms with Crippen molar-refractivity contribution in [3.8, 4) is 0 Å². The summed E-state index contributed by atoms with van der Waals surface area (Å²) in [4.78, 5) is 10.1. The Morgan fingerprint density at radius 1 is 1.46 bits per heavy atom. The van der Waals surface area contributed by atoms with Crippen molar-refractivity contribution in [3.05, 3.63) is 0 Å². The lowest BCUT2D eigenvalue weighted by atomic mass is 10.2. The van der Waals surface area contributed by atoms with Crippen LogP contribution in [0, 0.1) is 5.92 Å². The van der Waals surface area contributed by atoms with Crippen LogP contribution in [0.4, 0.5) is 0 Å². The van der Waals surface area contributed by atoms with E-state index in [0.29, 0.717) is 6.54 Å². The lowest BCUT2D eigenvalue weighted by Crippen LogP contribution is -2.32. The largest absolute Gasteiger partial charge is 0.481 e. The van der Waals surface area contributed by atoms with Crippen molar-refractivity contribution in [3.63, 3.8) is 0 Å². The molecule has 78 valence electrons. The van der Waals surface area contributed by atoms with Gasteiger partial charge in [-0.25, -0.2) is 0 Å². The summed E-state index contributed by atoms with van der Waals surface area (Å²) in [5, 5.41) is 28.9. The molecule has 0 radical (unpaired) electrons. The number of rotatable bonds is 7. The Morgan fingerprint density at radius 3 is 2.54 bits per heavy atom.